The van der Waals surface area contributed by atoms with Gasteiger partial charge >= 0.3 is 0 Å². The molecule has 1 aliphatic rings. The van der Waals surface area contributed by atoms with Crippen molar-refractivity contribution in [2.24, 2.45) is 17.8 Å². The summed E-state index contributed by atoms with van der Waals surface area (Å²) in [5.41, 5.74) is 0.184. The summed E-state index contributed by atoms with van der Waals surface area (Å²) in [4.78, 5) is 26.2. The fourth-order valence-electron chi connectivity index (χ4n) is 5.07. The van der Waals surface area contributed by atoms with E-state index in [1.165, 1.54) is 28.6 Å². The molecular weight excluding hydrogens is 568 g/mol. The predicted octanol–water partition coefficient (Wildman–Crippen LogP) is 2.86. The maximum Gasteiger partial charge on any atom is 0.251 e. The van der Waals surface area contributed by atoms with Crippen molar-refractivity contribution in [3.8, 4) is 0 Å². The number of sulfonamides is 1. The number of hydrogen-bond acceptors (Lipinski definition) is 6. The van der Waals surface area contributed by atoms with Gasteiger partial charge in [-0.25, -0.2) is 17.2 Å². The molecule has 1 aliphatic heterocycles. The van der Waals surface area contributed by atoms with Crippen LogP contribution in [0.25, 0.3) is 0 Å². The molecule has 2 amide bonds. The second-order valence-electron chi connectivity index (χ2n) is 11.6. The molecule has 2 aromatic carbocycles. The summed E-state index contributed by atoms with van der Waals surface area (Å²) in [7, 11) is -3.69. The Morgan fingerprint density at radius 2 is 1.50 bits per heavy atom. The molecule has 2 aromatic rings. The van der Waals surface area contributed by atoms with Gasteiger partial charge in [-0.2, -0.15) is 4.31 Å². The Balaban J connectivity index is 1.86. The number of halogens is 2. The Morgan fingerprint density at radius 3 is 2.02 bits per heavy atom. The van der Waals surface area contributed by atoms with Crippen LogP contribution >= 0.6 is 0 Å². The number of nitrogens with one attached hydrogen (secondary N) is 2. The number of rotatable bonds is 13. The average Bonchev–Trinajstić information content (AvgIpc) is 3.46. The molecule has 0 bridgehead atoms. The molecule has 1 heterocycles. The van der Waals surface area contributed by atoms with Crippen molar-refractivity contribution in [3.05, 3.63) is 65.2 Å². The molecule has 9 nitrogen and oxygen atoms in total. The highest BCUT2D eigenvalue weighted by Gasteiger charge is 2.39. The zero-order valence-corrected chi connectivity index (χ0v) is 25.2. The topological polar surface area (TPSA) is 136 Å². The highest BCUT2D eigenvalue weighted by atomic mass is 32.2. The normalized spacial score (nSPS) is 17.2. The number of aliphatic hydroxyl groups is 2. The number of aliphatic hydroxyl groups excluding tert-OH is 2. The molecule has 4 N–H and O–H groups in total. The van der Waals surface area contributed by atoms with Gasteiger partial charge < -0.3 is 20.8 Å². The van der Waals surface area contributed by atoms with E-state index in [1.54, 1.807) is 13.8 Å². The van der Waals surface area contributed by atoms with Gasteiger partial charge in [-0.1, -0.05) is 27.7 Å². The van der Waals surface area contributed by atoms with Crippen LogP contribution in [0.3, 0.4) is 0 Å². The first kappa shape index (κ1) is 33.6. The van der Waals surface area contributed by atoms with Crippen LogP contribution in [0.5, 0.6) is 0 Å². The van der Waals surface area contributed by atoms with Gasteiger partial charge in [0.1, 0.15) is 17.7 Å². The number of carbonyl (C=O) groups is 2. The van der Waals surface area contributed by atoms with E-state index in [0.29, 0.717) is 25.7 Å². The molecule has 4 atom stereocenters. The Morgan fingerprint density at radius 1 is 0.929 bits per heavy atom. The summed E-state index contributed by atoms with van der Waals surface area (Å²) < 4.78 is 55.0. The van der Waals surface area contributed by atoms with E-state index in [1.807, 2.05) is 13.8 Å². The van der Waals surface area contributed by atoms with Crippen molar-refractivity contribution < 1.29 is 37.0 Å². The van der Waals surface area contributed by atoms with E-state index in [0.717, 1.165) is 25.0 Å². The van der Waals surface area contributed by atoms with Gasteiger partial charge in [0.05, 0.1) is 23.0 Å². The molecule has 42 heavy (non-hydrogen) atoms. The summed E-state index contributed by atoms with van der Waals surface area (Å²) in [6, 6.07) is 6.82. The van der Waals surface area contributed by atoms with Gasteiger partial charge in [-0.15, -0.1) is 0 Å². The van der Waals surface area contributed by atoms with E-state index in [2.05, 4.69) is 10.6 Å². The van der Waals surface area contributed by atoms with Crippen molar-refractivity contribution in [2.75, 3.05) is 19.6 Å². The number of benzene rings is 2. The monoisotopic (exact) mass is 609 g/mol. The predicted molar refractivity (Wildman–Crippen MR) is 154 cm³/mol. The molecule has 232 valence electrons. The van der Waals surface area contributed by atoms with Gasteiger partial charge in [0, 0.05) is 31.3 Å². The number of amides is 2. The molecule has 4 unspecified atom stereocenters. The summed E-state index contributed by atoms with van der Waals surface area (Å²) in [5.74, 6) is -4.18. The van der Waals surface area contributed by atoms with Crippen LogP contribution in [-0.2, 0) is 21.2 Å². The summed E-state index contributed by atoms with van der Waals surface area (Å²) in [6.07, 6.45) is -2.04. The van der Waals surface area contributed by atoms with Crippen LogP contribution in [0.15, 0.2) is 47.4 Å². The van der Waals surface area contributed by atoms with Crippen LogP contribution in [-0.4, -0.2) is 72.6 Å². The number of nitrogens with zero attached hydrogens (tertiary/aromatic N) is 1. The van der Waals surface area contributed by atoms with Crippen LogP contribution in [0.2, 0.25) is 0 Å². The Kier molecular flexibility index (Phi) is 11.6. The Labute approximate surface area is 246 Å². The molecule has 1 saturated heterocycles. The van der Waals surface area contributed by atoms with Gasteiger partial charge in [-0.3, -0.25) is 9.59 Å². The van der Waals surface area contributed by atoms with Crippen LogP contribution in [0, 0.1) is 29.4 Å². The summed E-state index contributed by atoms with van der Waals surface area (Å²) in [6.45, 7) is 8.46. The van der Waals surface area contributed by atoms with E-state index < -0.39 is 63.6 Å². The first-order valence-electron chi connectivity index (χ1n) is 14.2. The molecule has 0 aliphatic carbocycles. The highest BCUT2D eigenvalue weighted by Crippen LogP contribution is 2.24. The lowest BCUT2D eigenvalue weighted by Crippen LogP contribution is -2.55. The molecule has 3 rings (SSSR count). The number of hydrogen-bond donors (Lipinski definition) is 4. The zero-order chi connectivity index (χ0) is 31.2. The molecule has 0 radical (unpaired) electrons. The minimum Gasteiger partial charge on any atom is -0.390 e. The minimum absolute atomic E-state index is 0.0374. The van der Waals surface area contributed by atoms with Crippen molar-refractivity contribution in [2.45, 2.75) is 70.1 Å². The Hall–Kier alpha value is -2.93. The third kappa shape index (κ3) is 8.56. The van der Waals surface area contributed by atoms with E-state index in [4.69, 9.17) is 0 Å². The maximum absolute atomic E-state index is 14.0. The van der Waals surface area contributed by atoms with E-state index in [-0.39, 0.29) is 28.4 Å². The van der Waals surface area contributed by atoms with Gasteiger partial charge in [0.2, 0.25) is 15.9 Å². The van der Waals surface area contributed by atoms with Crippen molar-refractivity contribution >= 4 is 21.8 Å². The zero-order valence-electron chi connectivity index (χ0n) is 24.4. The van der Waals surface area contributed by atoms with Crippen molar-refractivity contribution in [3.63, 3.8) is 0 Å². The number of carbonyl (C=O) groups excluding carboxylic acids is 2. The second-order valence-corrected chi connectivity index (χ2v) is 13.5. The Bertz CT molecular complexity index is 1310. The fraction of sp³-hybridized carbons (Fsp3) is 0.533. The van der Waals surface area contributed by atoms with Crippen LogP contribution in [0.1, 0.15) is 56.5 Å². The van der Waals surface area contributed by atoms with Crippen molar-refractivity contribution in [1.29, 1.82) is 0 Å². The molecular formula is C30H41F2N3O6S. The standard InChI is InChI=1S/C30H41F2N3O6S/c1-18(2)17-33-30(39)26(19(3)4)28(37)27(36)25(15-20-13-22(31)16-23(32)14-20)34-29(38)21-7-9-24(10-8-21)42(40,41)35-11-5-6-12-35/h7-10,13-14,16,18-19,25-28,36-37H,5-6,11-12,15,17H2,1-4H3,(H,33,39)(H,34,38). The molecule has 1 fully saturated rings. The quantitative estimate of drug-likeness (QED) is 0.276. The van der Waals surface area contributed by atoms with Crippen LogP contribution < -0.4 is 10.6 Å². The second kappa shape index (κ2) is 14.5. The van der Waals surface area contributed by atoms with E-state index in [9.17, 15) is 37.0 Å². The molecule has 0 aromatic heterocycles. The molecule has 12 heteroatoms. The largest absolute Gasteiger partial charge is 0.390 e. The molecule has 0 saturated carbocycles. The average molecular weight is 610 g/mol. The molecule has 0 spiro atoms. The SMILES string of the molecule is CC(C)CNC(=O)C(C(C)C)C(O)C(O)C(Cc1cc(F)cc(F)c1)NC(=O)c1ccc(S(=O)(=O)N2CCCC2)cc1. The lowest BCUT2D eigenvalue weighted by Gasteiger charge is -2.33. The van der Waals surface area contributed by atoms with Crippen LogP contribution in [0.4, 0.5) is 8.78 Å². The summed E-state index contributed by atoms with van der Waals surface area (Å²) >= 11 is 0. The fourth-order valence-corrected chi connectivity index (χ4v) is 6.59. The lowest BCUT2D eigenvalue weighted by molar-refractivity contribution is -0.135. The summed E-state index contributed by atoms with van der Waals surface area (Å²) in [5, 5.41) is 27.8. The highest BCUT2D eigenvalue weighted by molar-refractivity contribution is 7.89. The smallest absolute Gasteiger partial charge is 0.251 e. The van der Waals surface area contributed by atoms with Crippen molar-refractivity contribution in [1.82, 2.24) is 14.9 Å². The maximum atomic E-state index is 14.0. The minimum atomic E-state index is -3.69. The lowest BCUT2D eigenvalue weighted by atomic mass is 9.83. The third-order valence-electron chi connectivity index (χ3n) is 7.35. The first-order chi connectivity index (χ1) is 19.7. The first-order valence-corrected chi connectivity index (χ1v) is 15.6. The third-order valence-corrected chi connectivity index (χ3v) is 9.26. The van der Waals surface area contributed by atoms with Gasteiger partial charge in [0.15, 0.2) is 0 Å². The van der Waals surface area contributed by atoms with Gasteiger partial charge in [0.25, 0.3) is 5.91 Å². The van der Waals surface area contributed by atoms with E-state index >= 15 is 0 Å². The van der Waals surface area contributed by atoms with Gasteiger partial charge in [-0.05, 0) is 73.1 Å².